The lowest BCUT2D eigenvalue weighted by Crippen LogP contribution is -2.48. The van der Waals surface area contributed by atoms with Crippen LogP contribution in [0.1, 0.15) is 39.9 Å². The zero-order chi connectivity index (χ0) is 20.6. The maximum absolute atomic E-state index is 12.7. The van der Waals surface area contributed by atoms with Crippen LogP contribution in [0.3, 0.4) is 0 Å². The SMILES string of the molecule is Cc1cc(C)cc(CN2CC3(CCN(C(=O)c4cccc(Cl)c4)CC3)OC2=O)c1. The first kappa shape index (κ1) is 19.8. The second kappa shape index (κ2) is 7.71. The van der Waals surface area contributed by atoms with Crippen LogP contribution < -0.4 is 0 Å². The smallest absolute Gasteiger partial charge is 0.410 e. The summed E-state index contributed by atoms with van der Waals surface area (Å²) in [5.74, 6) is -0.0289. The molecule has 2 aromatic rings. The van der Waals surface area contributed by atoms with Gasteiger partial charge in [-0.25, -0.2) is 4.79 Å². The van der Waals surface area contributed by atoms with Crippen LogP contribution in [-0.2, 0) is 11.3 Å². The summed E-state index contributed by atoms with van der Waals surface area (Å²) in [7, 11) is 0. The lowest BCUT2D eigenvalue weighted by molar-refractivity contribution is 0.00313. The number of hydrogen-bond acceptors (Lipinski definition) is 3. The Bertz CT molecular complexity index is 931. The van der Waals surface area contributed by atoms with Gasteiger partial charge in [-0.3, -0.25) is 9.69 Å². The highest BCUT2D eigenvalue weighted by Crippen LogP contribution is 2.34. The lowest BCUT2D eigenvalue weighted by atomic mass is 9.91. The first-order valence-corrected chi connectivity index (χ1v) is 10.3. The average Bonchev–Trinajstić information content (AvgIpc) is 2.95. The monoisotopic (exact) mass is 412 g/mol. The molecular weight excluding hydrogens is 388 g/mol. The lowest BCUT2D eigenvalue weighted by Gasteiger charge is -2.37. The van der Waals surface area contributed by atoms with Crippen molar-refractivity contribution < 1.29 is 14.3 Å². The number of rotatable bonds is 3. The molecule has 5 nitrogen and oxygen atoms in total. The molecule has 0 aliphatic carbocycles. The van der Waals surface area contributed by atoms with E-state index in [9.17, 15) is 9.59 Å². The van der Waals surface area contributed by atoms with Crippen LogP contribution in [0.15, 0.2) is 42.5 Å². The van der Waals surface area contributed by atoms with Crippen molar-refractivity contribution in [2.24, 2.45) is 0 Å². The van der Waals surface area contributed by atoms with Gasteiger partial charge in [-0.05, 0) is 37.6 Å². The summed E-state index contributed by atoms with van der Waals surface area (Å²) in [6.45, 7) is 6.37. The van der Waals surface area contributed by atoms with Gasteiger partial charge in [-0.15, -0.1) is 0 Å². The number of aryl methyl sites for hydroxylation is 2. The van der Waals surface area contributed by atoms with E-state index in [1.807, 2.05) is 4.90 Å². The Morgan fingerprint density at radius 3 is 2.45 bits per heavy atom. The predicted octanol–water partition coefficient (Wildman–Crippen LogP) is 4.58. The van der Waals surface area contributed by atoms with Gasteiger partial charge in [-0.2, -0.15) is 0 Å². The highest BCUT2D eigenvalue weighted by atomic mass is 35.5. The number of halogens is 1. The Morgan fingerprint density at radius 1 is 1.10 bits per heavy atom. The fourth-order valence-electron chi connectivity index (χ4n) is 4.38. The summed E-state index contributed by atoms with van der Waals surface area (Å²) in [6.07, 6.45) is 1.03. The fourth-order valence-corrected chi connectivity index (χ4v) is 4.57. The van der Waals surface area contributed by atoms with Crippen molar-refractivity contribution in [1.82, 2.24) is 9.80 Å². The Hall–Kier alpha value is -2.53. The summed E-state index contributed by atoms with van der Waals surface area (Å²) in [4.78, 5) is 28.8. The molecule has 0 bridgehead atoms. The van der Waals surface area contributed by atoms with Gasteiger partial charge in [0.25, 0.3) is 5.91 Å². The van der Waals surface area contributed by atoms with E-state index in [2.05, 4.69) is 32.0 Å². The molecule has 2 heterocycles. The number of ether oxygens (including phenoxy) is 1. The zero-order valence-corrected chi connectivity index (χ0v) is 17.5. The molecule has 2 saturated heterocycles. The summed E-state index contributed by atoms with van der Waals surface area (Å²) in [6, 6.07) is 13.3. The quantitative estimate of drug-likeness (QED) is 0.741. The van der Waals surface area contributed by atoms with Crippen LogP contribution in [0.2, 0.25) is 5.02 Å². The summed E-state index contributed by atoms with van der Waals surface area (Å²) in [5.41, 5.74) is 3.59. The van der Waals surface area contributed by atoms with E-state index in [4.69, 9.17) is 16.3 Å². The standard InChI is InChI=1S/C23H25ClN2O3/c1-16-10-17(2)12-18(11-16)14-26-15-23(29-22(26)28)6-8-25(9-7-23)21(27)19-4-3-5-20(24)13-19/h3-5,10-13H,6-9,14-15H2,1-2H3. The van der Waals surface area contributed by atoms with E-state index in [1.165, 1.54) is 11.1 Å². The van der Waals surface area contributed by atoms with Gasteiger partial charge < -0.3 is 9.64 Å². The third-order valence-electron chi connectivity index (χ3n) is 5.73. The molecule has 2 aromatic carbocycles. The van der Waals surface area contributed by atoms with E-state index >= 15 is 0 Å². The van der Waals surface area contributed by atoms with Crippen LogP contribution in [0.25, 0.3) is 0 Å². The molecule has 1 spiro atoms. The van der Waals surface area contributed by atoms with Gasteiger partial charge in [0.05, 0.1) is 6.54 Å². The molecule has 0 radical (unpaired) electrons. The Morgan fingerprint density at radius 2 is 1.79 bits per heavy atom. The summed E-state index contributed by atoms with van der Waals surface area (Å²) in [5, 5.41) is 0.552. The van der Waals surface area contributed by atoms with Crippen molar-refractivity contribution in [2.45, 2.75) is 38.8 Å². The van der Waals surface area contributed by atoms with Crippen LogP contribution in [0.5, 0.6) is 0 Å². The number of carbonyl (C=O) groups excluding carboxylic acids is 2. The number of hydrogen-bond donors (Lipinski definition) is 0. The van der Waals surface area contributed by atoms with Crippen LogP contribution >= 0.6 is 11.6 Å². The summed E-state index contributed by atoms with van der Waals surface area (Å²) >= 11 is 6.01. The Kier molecular flexibility index (Phi) is 5.26. The van der Waals surface area contributed by atoms with Gasteiger partial charge in [0.2, 0.25) is 0 Å². The molecule has 2 fully saturated rings. The van der Waals surface area contributed by atoms with Crippen molar-refractivity contribution >= 4 is 23.6 Å². The molecule has 6 heteroatoms. The van der Waals surface area contributed by atoms with Gasteiger partial charge >= 0.3 is 6.09 Å². The van der Waals surface area contributed by atoms with Gasteiger partial charge in [0, 0.05) is 43.1 Å². The molecule has 0 unspecified atom stereocenters. The zero-order valence-electron chi connectivity index (χ0n) is 16.8. The van der Waals surface area contributed by atoms with E-state index in [0.29, 0.717) is 49.6 Å². The summed E-state index contributed by atoms with van der Waals surface area (Å²) < 4.78 is 5.82. The van der Waals surface area contributed by atoms with Crippen molar-refractivity contribution in [3.63, 3.8) is 0 Å². The van der Waals surface area contributed by atoms with E-state index in [1.54, 1.807) is 29.2 Å². The molecule has 2 aliphatic rings. The van der Waals surface area contributed by atoms with Gasteiger partial charge in [-0.1, -0.05) is 47.0 Å². The largest absolute Gasteiger partial charge is 0.441 e. The molecule has 2 aliphatic heterocycles. The molecule has 0 atom stereocenters. The third kappa shape index (κ3) is 4.25. The maximum atomic E-state index is 12.7. The first-order valence-electron chi connectivity index (χ1n) is 9.94. The first-order chi connectivity index (χ1) is 13.8. The van der Waals surface area contributed by atoms with E-state index in [-0.39, 0.29) is 12.0 Å². The minimum Gasteiger partial charge on any atom is -0.441 e. The predicted molar refractivity (Wildman–Crippen MR) is 112 cm³/mol. The minimum atomic E-state index is -0.499. The highest BCUT2D eigenvalue weighted by Gasteiger charge is 2.47. The number of carbonyl (C=O) groups is 2. The topological polar surface area (TPSA) is 49.9 Å². The fraction of sp³-hybridized carbons (Fsp3) is 0.391. The molecule has 29 heavy (non-hydrogen) atoms. The molecule has 0 aromatic heterocycles. The number of likely N-dealkylation sites (tertiary alicyclic amines) is 1. The van der Waals surface area contributed by atoms with Gasteiger partial charge in [0.15, 0.2) is 0 Å². The Labute approximate surface area is 176 Å². The van der Waals surface area contributed by atoms with Crippen LogP contribution in [-0.4, -0.2) is 47.0 Å². The van der Waals surface area contributed by atoms with Crippen LogP contribution in [0.4, 0.5) is 4.79 Å². The third-order valence-corrected chi connectivity index (χ3v) is 5.96. The highest BCUT2D eigenvalue weighted by molar-refractivity contribution is 6.30. The molecule has 0 saturated carbocycles. The molecule has 2 amide bonds. The normalized spacial score (nSPS) is 18.2. The Balaban J connectivity index is 1.39. The van der Waals surface area contributed by atoms with Gasteiger partial charge in [0.1, 0.15) is 5.60 Å². The number of amides is 2. The molecule has 152 valence electrons. The molecule has 4 rings (SSSR count). The van der Waals surface area contributed by atoms with Crippen molar-refractivity contribution in [1.29, 1.82) is 0 Å². The molecular formula is C23H25ClN2O3. The van der Waals surface area contributed by atoms with E-state index in [0.717, 1.165) is 5.56 Å². The van der Waals surface area contributed by atoms with Crippen LogP contribution in [0, 0.1) is 13.8 Å². The number of nitrogens with zero attached hydrogens (tertiary/aromatic N) is 2. The van der Waals surface area contributed by atoms with E-state index < -0.39 is 5.60 Å². The number of benzene rings is 2. The second-order valence-electron chi connectivity index (χ2n) is 8.21. The van der Waals surface area contributed by atoms with Crippen molar-refractivity contribution in [2.75, 3.05) is 19.6 Å². The maximum Gasteiger partial charge on any atom is 0.410 e. The second-order valence-corrected chi connectivity index (χ2v) is 8.64. The van der Waals surface area contributed by atoms with Crippen molar-refractivity contribution in [3.05, 3.63) is 69.7 Å². The number of piperidine rings is 1. The van der Waals surface area contributed by atoms with Crippen molar-refractivity contribution in [3.8, 4) is 0 Å². The molecule has 0 N–H and O–H groups in total. The minimum absolute atomic E-state index is 0.0289. The average molecular weight is 413 g/mol.